The molecule has 5 nitrogen and oxygen atoms in total. The molecule has 3 rings (SSSR count). The summed E-state index contributed by atoms with van der Waals surface area (Å²) in [5.74, 6) is 0.483. The molecule has 0 atom stereocenters. The molecule has 0 aliphatic rings. The Kier molecular flexibility index (Phi) is 4.59. The monoisotopic (exact) mass is 327 g/mol. The normalized spacial score (nSPS) is 10.3. The van der Waals surface area contributed by atoms with Gasteiger partial charge in [-0.15, -0.1) is 0 Å². The zero-order chi connectivity index (χ0) is 16.1. The van der Waals surface area contributed by atoms with Gasteiger partial charge in [0.05, 0.1) is 12.5 Å². The van der Waals surface area contributed by atoms with E-state index in [2.05, 4.69) is 15.3 Å². The van der Waals surface area contributed by atoms with Gasteiger partial charge in [0.2, 0.25) is 0 Å². The van der Waals surface area contributed by atoms with Gasteiger partial charge in [0, 0.05) is 10.7 Å². The van der Waals surface area contributed by atoms with E-state index in [1.54, 1.807) is 24.3 Å². The van der Waals surface area contributed by atoms with Crippen LogP contribution in [0.5, 0.6) is 5.75 Å². The number of nitrogens with one attached hydrogen (secondary N) is 2. The molecule has 0 fully saturated rings. The van der Waals surface area contributed by atoms with Crippen molar-refractivity contribution in [1.29, 1.82) is 0 Å². The van der Waals surface area contributed by atoms with E-state index in [-0.39, 0.29) is 5.91 Å². The maximum absolute atomic E-state index is 11.9. The molecule has 1 heterocycles. The Labute approximate surface area is 138 Å². The fourth-order valence-corrected chi connectivity index (χ4v) is 2.09. The second-order valence-corrected chi connectivity index (χ2v) is 5.30. The highest BCUT2D eigenvalue weighted by molar-refractivity contribution is 6.30. The number of hydrogen-bond acceptors (Lipinski definition) is 3. The van der Waals surface area contributed by atoms with Gasteiger partial charge in [-0.05, 0) is 42.0 Å². The van der Waals surface area contributed by atoms with Gasteiger partial charge in [0.25, 0.3) is 5.91 Å². The Morgan fingerprint density at radius 3 is 2.52 bits per heavy atom. The minimum absolute atomic E-state index is 0.239. The summed E-state index contributed by atoms with van der Waals surface area (Å²) in [5.41, 5.74) is 2.13. The van der Waals surface area contributed by atoms with Gasteiger partial charge < -0.3 is 15.0 Å². The topological polar surface area (TPSA) is 67.0 Å². The Balaban J connectivity index is 1.56. The summed E-state index contributed by atoms with van der Waals surface area (Å²) < 4.78 is 5.69. The average molecular weight is 328 g/mol. The van der Waals surface area contributed by atoms with Gasteiger partial charge >= 0.3 is 0 Å². The molecule has 0 saturated carbocycles. The van der Waals surface area contributed by atoms with Gasteiger partial charge in [-0.3, -0.25) is 4.79 Å². The highest BCUT2D eigenvalue weighted by atomic mass is 35.5. The number of H-pyrrole nitrogens is 1. The Morgan fingerprint density at radius 2 is 1.87 bits per heavy atom. The molecule has 0 bridgehead atoms. The lowest BCUT2D eigenvalue weighted by Crippen LogP contribution is -2.12. The van der Waals surface area contributed by atoms with Gasteiger partial charge in [0.1, 0.15) is 18.1 Å². The van der Waals surface area contributed by atoms with Crippen molar-refractivity contribution in [2.75, 3.05) is 5.32 Å². The molecule has 2 N–H and O–H groups in total. The predicted octanol–water partition coefficient (Wildman–Crippen LogP) is 3.89. The number of hydrogen-bond donors (Lipinski definition) is 2. The summed E-state index contributed by atoms with van der Waals surface area (Å²) in [6, 6.07) is 14.7. The molecule has 0 unspecified atom stereocenters. The number of carbonyl (C=O) groups is 1. The first-order valence-electron chi connectivity index (χ1n) is 6.98. The molecular weight excluding hydrogens is 314 g/mol. The van der Waals surface area contributed by atoms with E-state index < -0.39 is 0 Å². The van der Waals surface area contributed by atoms with Crippen LogP contribution in [0.25, 0.3) is 0 Å². The van der Waals surface area contributed by atoms with Crippen molar-refractivity contribution in [1.82, 2.24) is 9.97 Å². The van der Waals surface area contributed by atoms with Crippen LogP contribution in [0.15, 0.2) is 61.1 Å². The van der Waals surface area contributed by atoms with Crippen LogP contribution in [-0.2, 0) is 6.61 Å². The number of benzene rings is 2. The molecule has 0 aliphatic carbocycles. The van der Waals surface area contributed by atoms with Crippen molar-refractivity contribution in [3.05, 3.63) is 77.3 Å². The molecule has 0 saturated heterocycles. The second kappa shape index (κ2) is 6.98. The van der Waals surface area contributed by atoms with Crippen LogP contribution in [0.2, 0.25) is 5.02 Å². The zero-order valence-electron chi connectivity index (χ0n) is 12.1. The molecule has 1 amide bonds. The van der Waals surface area contributed by atoms with Crippen molar-refractivity contribution in [2.45, 2.75) is 6.61 Å². The van der Waals surface area contributed by atoms with E-state index in [0.29, 0.717) is 23.0 Å². The number of amides is 1. The lowest BCUT2D eigenvalue weighted by Gasteiger charge is -2.08. The first-order chi connectivity index (χ1) is 11.2. The minimum Gasteiger partial charge on any atom is -0.489 e. The van der Waals surface area contributed by atoms with Crippen LogP contribution in [0.3, 0.4) is 0 Å². The fourth-order valence-electron chi connectivity index (χ4n) is 1.96. The Bertz CT molecular complexity index is 769. The first kappa shape index (κ1) is 15.1. The largest absolute Gasteiger partial charge is 0.489 e. The number of nitrogens with zero attached hydrogens (tertiary/aromatic N) is 1. The van der Waals surface area contributed by atoms with E-state index >= 15 is 0 Å². The minimum atomic E-state index is -0.239. The van der Waals surface area contributed by atoms with E-state index in [1.165, 1.54) is 12.5 Å². The summed E-state index contributed by atoms with van der Waals surface area (Å²) in [7, 11) is 0. The average Bonchev–Trinajstić information content (AvgIpc) is 3.10. The zero-order valence-corrected chi connectivity index (χ0v) is 12.9. The molecule has 0 radical (unpaired) electrons. The molecule has 2 aromatic carbocycles. The van der Waals surface area contributed by atoms with Crippen LogP contribution in [-0.4, -0.2) is 15.9 Å². The number of aromatic nitrogens is 2. The number of imidazole rings is 1. The molecule has 0 spiro atoms. The number of ether oxygens (including phenoxy) is 1. The van der Waals surface area contributed by atoms with E-state index in [1.807, 2.05) is 24.3 Å². The number of aromatic amines is 1. The predicted molar refractivity (Wildman–Crippen MR) is 88.8 cm³/mol. The van der Waals surface area contributed by atoms with E-state index in [0.717, 1.165) is 11.3 Å². The first-order valence-corrected chi connectivity index (χ1v) is 7.35. The quantitative estimate of drug-likeness (QED) is 0.747. The molecule has 1 aromatic heterocycles. The molecule has 6 heteroatoms. The third-order valence-electron chi connectivity index (χ3n) is 3.17. The maximum atomic E-state index is 11.9. The number of rotatable bonds is 5. The third kappa shape index (κ3) is 4.11. The lowest BCUT2D eigenvalue weighted by molar-refractivity contribution is 0.102. The molecular formula is C17H14ClN3O2. The maximum Gasteiger partial charge on any atom is 0.273 e. The van der Waals surface area contributed by atoms with Crippen LogP contribution in [0, 0.1) is 0 Å². The molecule has 116 valence electrons. The van der Waals surface area contributed by atoms with Crippen LogP contribution < -0.4 is 10.1 Å². The van der Waals surface area contributed by atoms with Crippen LogP contribution in [0.4, 0.5) is 5.69 Å². The summed E-state index contributed by atoms with van der Waals surface area (Å²) in [6.45, 7) is 0.455. The summed E-state index contributed by atoms with van der Waals surface area (Å²) in [5, 5.41) is 3.47. The summed E-state index contributed by atoms with van der Waals surface area (Å²) in [6.07, 6.45) is 2.93. The van der Waals surface area contributed by atoms with Gasteiger partial charge in [-0.25, -0.2) is 4.98 Å². The Morgan fingerprint density at radius 1 is 1.13 bits per heavy atom. The SMILES string of the molecule is O=C(Nc1ccc(OCc2ccc(Cl)cc2)cc1)c1cnc[nH]1. The van der Waals surface area contributed by atoms with Gasteiger partial charge in [0.15, 0.2) is 0 Å². The van der Waals surface area contributed by atoms with Crippen molar-refractivity contribution in [2.24, 2.45) is 0 Å². The van der Waals surface area contributed by atoms with Crippen LogP contribution in [0.1, 0.15) is 16.1 Å². The van der Waals surface area contributed by atoms with E-state index in [9.17, 15) is 4.79 Å². The second-order valence-electron chi connectivity index (χ2n) is 4.86. The van der Waals surface area contributed by atoms with Gasteiger partial charge in [-0.2, -0.15) is 0 Å². The van der Waals surface area contributed by atoms with Gasteiger partial charge in [-0.1, -0.05) is 23.7 Å². The molecule has 23 heavy (non-hydrogen) atoms. The molecule has 0 aliphatic heterocycles. The van der Waals surface area contributed by atoms with Crippen molar-refractivity contribution >= 4 is 23.2 Å². The third-order valence-corrected chi connectivity index (χ3v) is 3.43. The number of anilines is 1. The highest BCUT2D eigenvalue weighted by Gasteiger charge is 2.07. The fraction of sp³-hybridized carbons (Fsp3) is 0.0588. The van der Waals surface area contributed by atoms with Crippen molar-refractivity contribution < 1.29 is 9.53 Å². The van der Waals surface area contributed by atoms with Crippen LogP contribution >= 0.6 is 11.6 Å². The summed E-state index contributed by atoms with van der Waals surface area (Å²) >= 11 is 5.84. The summed E-state index contributed by atoms with van der Waals surface area (Å²) in [4.78, 5) is 18.4. The van der Waals surface area contributed by atoms with Crippen molar-refractivity contribution in [3.8, 4) is 5.75 Å². The smallest absolute Gasteiger partial charge is 0.273 e. The highest BCUT2D eigenvalue weighted by Crippen LogP contribution is 2.18. The number of halogens is 1. The standard InChI is InChI=1S/C17H14ClN3O2/c18-13-3-1-12(2-4-13)10-23-15-7-5-14(6-8-15)21-17(22)16-9-19-11-20-16/h1-9,11H,10H2,(H,19,20)(H,21,22). The van der Waals surface area contributed by atoms with E-state index in [4.69, 9.17) is 16.3 Å². The number of carbonyl (C=O) groups excluding carboxylic acids is 1. The Hall–Kier alpha value is -2.79. The molecule has 3 aromatic rings. The lowest BCUT2D eigenvalue weighted by atomic mass is 10.2. The van der Waals surface area contributed by atoms with Crippen molar-refractivity contribution in [3.63, 3.8) is 0 Å².